The van der Waals surface area contributed by atoms with Crippen molar-refractivity contribution >= 4 is 41.0 Å². The van der Waals surface area contributed by atoms with Gasteiger partial charge in [-0.3, -0.25) is 4.79 Å². The number of rotatable bonds is 9. The summed E-state index contributed by atoms with van der Waals surface area (Å²) in [4.78, 5) is 16.5. The minimum atomic E-state index is 0.227. The third-order valence-corrected chi connectivity index (χ3v) is 8.74. The van der Waals surface area contributed by atoms with Crippen LogP contribution in [-0.4, -0.2) is 33.8 Å². The third kappa shape index (κ3) is 4.72. The van der Waals surface area contributed by atoms with Gasteiger partial charge < -0.3 is 5.32 Å². The lowest BCUT2D eigenvalue weighted by Gasteiger charge is -2.60. The summed E-state index contributed by atoms with van der Waals surface area (Å²) in [6.45, 7) is 5.71. The molecule has 4 nitrogen and oxygen atoms in total. The Morgan fingerprint density at radius 1 is 1.36 bits per heavy atom. The van der Waals surface area contributed by atoms with Gasteiger partial charge in [-0.2, -0.15) is 4.37 Å². The molecule has 1 aromatic rings. The molecule has 0 saturated heterocycles. The zero-order valence-corrected chi connectivity index (χ0v) is 17.9. The fourth-order valence-corrected chi connectivity index (χ4v) is 6.70. The van der Waals surface area contributed by atoms with Crippen molar-refractivity contribution in [3.8, 4) is 0 Å². The van der Waals surface area contributed by atoms with Gasteiger partial charge in [0.1, 0.15) is 0 Å². The molecule has 3 unspecified atom stereocenters. The molecule has 1 N–H and O–H groups in total. The molecule has 1 amide bonds. The number of thioether (sulfide) groups is 2. The molecule has 7 heteroatoms. The van der Waals surface area contributed by atoms with Gasteiger partial charge in [0.15, 0.2) is 4.34 Å². The van der Waals surface area contributed by atoms with Gasteiger partial charge in [-0.15, -0.1) is 0 Å². The smallest absolute Gasteiger partial charge is 0.220 e. The lowest BCUT2D eigenvalue weighted by Crippen LogP contribution is -2.54. The first-order chi connectivity index (χ1) is 12.0. The van der Waals surface area contributed by atoms with Gasteiger partial charge in [0.2, 0.25) is 11.1 Å². The molecule has 0 spiro atoms. The molecule has 1 heterocycles. The second-order valence-corrected chi connectivity index (χ2v) is 10.7. The van der Waals surface area contributed by atoms with E-state index in [2.05, 4.69) is 28.5 Å². The lowest BCUT2D eigenvalue weighted by atomic mass is 9.45. The lowest BCUT2D eigenvalue weighted by molar-refractivity contribution is -0.125. The molecule has 3 saturated carbocycles. The highest BCUT2D eigenvalue weighted by atomic mass is 32.2. The molecule has 3 aliphatic rings. The quantitative estimate of drug-likeness (QED) is 0.481. The number of unbranched alkanes of at least 4 members (excludes halogenated alkanes) is 1. The number of fused-ring (bicyclic) bond motifs is 2. The van der Waals surface area contributed by atoms with Gasteiger partial charge in [0, 0.05) is 18.7 Å². The summed E-state index contributed by atoms with van der Waals surface area (Å²) in [5.41, 5.74) is 0.506. The number of hydrogen-bond donors (Lipinski definition) is 1. The molecule has 3 atom stereocenters. The number of carbonyl (C=O) groups is 1. The number of nitrogens with one attached hydrogen (secondary N) is 1. The second-order valence-electron chi connectivity index (χ2n) is 7.85. The Kier molecular flexibility index (Phi) is 6.71. The highest BCUT2D eigenvalue weighted by Crippen LogP contribution is 2.61. The van der Waals surface area contributed by atoms with E-state index in [1.54, 1.807) is 23.5 Å². The number of hydrogen-bond acceptors (Lipinski definition) is 6. The van der Waals surface area contributed by atoms with Crippen LogP contribution >= 0.6 is 35.1 Å². The number of amides is 1. The van der Waals surface area contributed by atoms with E-state index in [1.807, 2.05) is 6.26 Å². The molecule has 4 rings (SSSR count). The van der Waals surface area contributed by atoms with E-state index < -0.39 is 0 Å². The zero-order valence-electron chi connectivity index (χ0n) is 15.4. The summed E-state index contributed by atoms with van der Waals surface area (Å²) in [6.07, 6.45) is 8.68. The van der Waals surface area contributed by atoms with E-state index in [4.69, 9.17) is 0 Å². The number of carbonyl (C=O) groups excluding carboxylic acids is 1. The van der Waals surface area contributed by atoms with Gasteiger partial charge in [0.25, 0.3) is 0 Å². The predicted octanol–water partition coefficient (Wildman–Crippen LogP) is 4.71. The van der Waals surface area contributed by atoms with E-state index in [-0.39, 0.29) is 5.91 Å². The summed E-state index contributed by atoms with van der Waals surface area (Å²) >= 11 is 4.80. The average Bonchev–Trinajstić information content (AvgIpc) is 3.07. The highest BCUT2D eigenvalue weighted by Gasteiger charge is 2.53. The van der Waals surface area contributed by atoms with Crippen LogP contribution in [0.4, 0.5) is 0 Å². The van der Waals surface area contributed by atoms with Crippen LogP contribution in [0.2, 0.25) is 0 Å². The molecule has 3 aliphatic carbocycles. The maximum Gasteiger partial charge on any atom is 0.220 e. The van der Waals surface area contributed by atoms with Crippen molar-refractivity contribution in [3.05, 3.63) is 0 Å². The van der Waals surface area contributed by atoms with Crippen molar-refractivity contribution in [1.82, 2.24) is 14.7 Å². The Hall–Kier alpha value is -0.270. The summed E-state index contributed by atoms with van der Waals surface area (Å²) in [5.74, 6) is 3.69. The fraction of sp³-hybridized carbons (Fsp3) is 0.833. The molecule has 0 radical (unpaired) electrons. The predicted molar refractivity (Wildman–Crippen MR) is 107 cm³/mol. The molecular weight excluding hydrogens is 370 g/mol. The minimum Gasteiger partial charge on any atom is -0.356 e. The van der Waals surface area contributed by atoms with Crippen molar-refractivity contribution in [2.45, 2.75) is 61.9 Å². The van der Waals surface area contributed by atoms with Crippen LogP contribution in [0.1, 0.15) is 52.4 Å². The Bertz CT molecular complexity index is 588. The molecule has 1 aromatic heterocycles. The topological polar surface area (TPSA) is 54.9 Å². The van der Waals surface area contributed by atoms with Crippen LogP contribution in [0.15, 0.2) is 9.50 Å². The van der Waals surface area contributed by atoms with Crippen molar-refractivity contribution in [2.24, 2.45) is 23.2 Å². The standard InChI is InChI=1S/C18H29N3OS3/c1-18(2)13-8-7-12(14(18)10-13)11-19-15(22)6-4-5-9-24-17-20-16(23-3)21-25-17/h12-14H,4-11H2,1-3H3,(H,19,22). The highest BCUT2D eigenvalue weighted by molar-refractivity contribution is 8.01. The van der Waals surface area contributed by atoms with E-state index >= 15 is 0 Å². The third-order valence-electron chi connectivity index (χ3n) is 6.16. The maximum atomic E-state index is 12.1. The van der Waals surface area contributed by atoms with Gasteiger partial charge in [-0.1, -0.05) is 37.4 Å². The Balaban J connectivity index is 1.26. The summed E-state index contributed by atoms with van der Waals surface area (Å²) in [7, 11) is 0. The van der Waals surface area contributed by atoms with Crippen molar-refractivity contribution in [2.75, 3.05) is 18.6 Å². The summed E-state index contributed by atoms with van der Waals surface area (Å²) < 4.78 is 5.29. The first-order valence-corrected chi connectivity index (χ1v) is 12.3. The van der Waals surface area contributed by atoms with Crippen LogP contribution in [0.5, 0.6) is 0 Å². The molecular formula is C18H29N3OS3. The van der Waals surface area contributed by atoms with Gasteiger partial charge in [0.05, 0.1) is 0 Å². The molecule has 25 heavy (non-hydrogen) atoms. The summed E-state index contributed by atoms with van der Waals surface area (Å²) in [6, 6.07) is 0. The first kappa shape index (κ1) is 19.5. The SMILES string of the molecule is CSc1nsc(SCCCCC(=O)NCC2CCC3CC2C3(C)C)n1. The van der Waals surface area contributed by atoms with Crippen LogP contribution in [0.3, 0.4) is 0 Å². The largest absolute Gasteiger partial charge is 0.356 e. The van der Waals surface area contributed by atoms with E-state index in [9.17, 15) is 4.79 Å². The Labute approximate surface area is 163 Å². The molecule has 0 aliphatic heterocycles. The monoisotopic (exact) mass is 399 g/mol. The Morgan fingerprint density at radius 2 is 2.20 bits per heavy atom. The summed E-state index contributed by atoms with van der Waals surface area (Å²) in [5, 5.41) is 4.05. The number of nitrogens with zero attached hydrogens (tertiary/aromatic N) is 2. The van der Waals surface area contributed by atoms with Crippen molar-refractivity contribution in [3.63, 3.8) is 0 Å². The van der Waals surface area contributed by atoms with Crippen molar-refractivity contribution in [1.29, 1.82) is 0 Å². The molecule has 140 valence electrons. The second kappa shape index (κ2) is 8.61. The van der Waals surface area contributed by atoms with Crippen LogP contribution < -0.4 is 5.32 Å². The maximum absolute atomic E-state index is 12.1. The van der Waals surface area contributed by atoms with Gasteiger partial charge in [-0.25, -0.2) is 4.98 Å². The van der Waals surface area contributed by atoms with E-state index in [0.29, 0.717) is 17.8 Å². The minimum absolute atomic E-state index is 0.227. The van der Waals surface area contributed by atoms with Crippen molar-refractivity contribution < 1.29 is 4.79 Å². The molecule has 2 bridgehead atoms. The number of aromatic nitrogens is 2. The van der Waals surface area contributed by atoms with Crippen LogP contribution in [-0.2, 0) is 4.79 Å². The van der Waals surface area contributed by atoms with Crippen LogP contribution in [0, 0.1) is 23.2 Å². The average molecular weight is 400 g/mol. The molecule has 3 fully saturated rings. The van der Waals surface area contributed by atoms with Gasteiger partial charge >= 0.3 is 0 Å². The first-order valence-electron chi connectivity index (χ1n) is 9.28. The van der Waals surface area contributed by atoms with E-state index in [0.717, 1.165) is 46.5 Å². The van der Waals surface area contributed by atoms with E-state index in [1.165, 1.54) is 30.8 Å². The van der Waals surface area contributed by atoms with Gasteiger partial charge in [-0.05, 0) is 73.1 Å². The van der Waals surface area contributed by atoms with Crippen LogP contribution in [0.25, 0.3) is 0 Å². The molecule has 0 aromatic carbocycles. The zero-order chi connectivity index (χ0) is 17.9. The Morgan fingerprint density at radius 3 is 2.88 bits per heavy atom. The normalized spacial score (nSPS) is 26.9. The fourth-order valence-electron chi connectivity index (χ4n) is 4.43.